The molecular formula is C12H9BrFN3O3. The smallest absolute Gasteiger partial charge is 0.275 e. The van der Waals surface area contributed by atoms with Gasteiger partial charge in [-0.15, -0.1) is 0 Å². The highest BCUT2D eigenvalue weighted by Crippen LogP contribution is 2.30. The van der Waals surface area contributed by atoms with Gasteiger partial charge in [-0.3, -0.25) is 16.0 Å². The van der Waals surface area contributed by atoms with Crippen molar-refractivity contribution in [3.05, 3.63) is 56.8 Å². The van der Waals surface area contributed by atoms with Crippen LogP contribution in [0, 0.1) is 15.9 Å². The van der Waals surface area contributed by atoms with Gasteiger partial charge in [0.1, 0.15) is 17.3 Å². The number of nitro benzene ring substituents is 1. The fourth-order valence-electron chi connectivity index (χ4n) is 1.51. The lowest BCUT2D eigenvalue weighted by Gasteiger charge is -2.08. The van der Waals surface area contributed by atoms with Crippen LogP contribution in [0.3, 0.4) is 0 Å². The van der Waals surface area contributed by atoms with E-state index in [1.807, 2.05) is 0 Å². The van der Waals surface area contributed by atoms with Crippen molar-refractivity contribution >= 4 is 27.3 Å². The number of nitrogen functional groups attached to an aromatic ring is 1. The standard InChI is InChI=1S/C12H9BrFN3O3/c13-11-2-1-9(6-12(11)14)20-10-4-7(16-15)3-8(5-10)17(18)19/h1-6,16H,15H2. The Bertz CT molecular complexity index is 666. The predicted molar refractivity (Wildman–Crippen MR) is 75.1 cm³/mol. The van der Waals surface area contributed by atoms with Crippen LogP contribution in [0.1, 0.15) is 0 Å². The lowest BCUT2D eigenvalue weighted by Crippen LogP contribution is -2.07. The normalized spacial score (nSPS) is 10.2. The van der Waals surface area contributed by atoms with Crippen LogP contribution in [0.4, 0.5) is 15.8 Å². The van der Waals surface area contributed by atoms with Gasteiger partial charge in [-0.05, 0) is 28.1 Å². The third kappa shape index (κ3) is 3.22. The highest BCUT2D eigenvalue weighted by Gasteiger charge is 2.11. The van der Waals surface area contributed by atoms with Gasteiger partial charge in [-0.25, -0.2) is 4.39 Å². The molecule has 0 aromatic heterocycles. The minimum atomic E-state index is -0.574. The quantitative estimate of drug-likeness (QED) is 0.504. The van der Waals surface area contributed by atoms with E-state index in [1.165, 1.54) is 36.4 Å². The van der Waals surface area contributed by atoms with Gasteiger partial charge in [-0.2, -0.15) is 0 Å². The average Bonchev–Trinajstić information content (AvgIpc) is 2.42. The molecule has 0 radical (unpaired) electrons. The second kappa shape index (κ2) is 5.85. The van der Waals surface area contributed by atoms with E-state index in [9.17, 15) is 14.5 Å². The third-order valence-corrected chi connectivity index (χ3v) is 3.04. The average molecular weight is 342 g/mol. The fourth-order valence-corrected chi connectivity index (χ4v) is 1.75. The van der Waals surface area contributed by atoms with Gasteiger partial charge < -0.3 is 10.2 Å². The van der Waals surface area contributed by atoms with Crippen molar-refractivity contribution < 1.29 is 14.1 Å². The Labute approximate surface area is 121 Å². The summed E-state index contributed by atoms with van der Waals surface area (Å²) < 4.78 is 19.1. The number of nitrogens with one attached hydrogen (secondary N) is 1. The van der Waals surface area contributed by atoms with Gasteiger partial charge >= 0.3 is 0 Å². The van der Waals surface area contributed by atoms with E-state index in [1.54, 1.807) is 0 Å². The molecule has 0 amide bonds. The van der Waals surface area contributed by atoms with Crippen molar-refractivity contribution in [1.82, 2.24) is 0 Å². The minimum Gasteiger partial charge on any atom is -0.457 e. The van der Waals surface area contributed by atoms with Gasteiger partial charge in [0, 0.05) is 18.2 Å². The van der Waals surface area contributed by atoms with E-state index >= 15 is 0 Å². The zero-order chi connectivity index (χ0) is 14.7. The number of benzene rings is 2. The molecule has 0 saturated carbocycles. The number of hydrazine groups is 1. The molecule has 3 N–H and O–H groups in total. The maximum absolute atomic E-state index is 13.4. The third-order valence-electron chi connectivity index (χ3n) is 2.40. The van der Waals surface area contributed by atoms with Crippen molar-refractivity contribution in [2.75, 3.05) is 5.43 Å². The van der Waals surface area contributed by atoms with Crippen LogP contribution in [0.2, 0.25) is 0 Å². The summed E-state index contributed by atoms with van der Waals surface area (Å²) in [6.07, 6.45) is 0. The lowest BCUT2D eigenvalue weighted by molar-refractivity contribution is -0.384. The first-order chi connectivity index (χ1) is 9.49. The first-order valence-electron chi connectivity index (χ1n) is 5.38. The number of hydrogen-bond acceptors (Lipinski definition) is 5. The van der Waals surface area contributed by atoms with Crippen LogP contribution < -0.4 is 16.0 Å². The number of non-ortho nitro benzene ring substituents is 1. The molecule has 0 bridgehead atoms. The molecule has 8 heteroatoms. The summed E-state index contributed by atoms with van der Waals surface area (Å²) in [6.45, 7) is 0. The summed E-state index contributed by atoms with van der Waals surface area (Å²) in [5.41, 5.74) is 2.43. The summed E-state index contributed by atoms with van der Waals surface area (Å²) >= 11 is 3.02. The molecule has 0 spiro atoms. The largest absolute Gasteiger partial charge is 0.457 e. The summed E-state index contributed by atoms with van der Waals surface area (Å²) in [4.78, 5) is 10.2. The van der Waals surface area contributed by atoms with E-state index in [2.05, 4.69) is 21.4 Å². The molecular weight excluding hydrogens is 333 g/mol. The molecule has 2 aromatic rings. The second-order valence-electron chi connectivity index (χ2n) is 3.80. The Kier molecular flexibility index (Phi) is 4.16. The van der Waals surface area contributed by atoms with E-state index < -0.39 is 10.7 Å². The molecule has 0 aliphatic carbocycles. The second-order valence-corrected chi connectivity index (χ2v) is 4.65. The van der Waals surface area contributed by atoms with E-state index in [0.717, 1.165) is 0 Å². The summed E-state index contributed by atoms with van der Waals surface area (Å²) in [6, 6.07) is 8.12. The molecule has 0 aliphatic heterocycles. The van der Waals surface area contributed by atoms with Gasteiger partial charge in [0.2, 0.25) is 0 Å². The van der Waals surface area contributed by atoms with Crippen molar-refractivity contribution in [3.8, 4) is 11.5 Å². The molecule has 0 heterocycles. The number of hydrogen-bond donors (Lipinski definition) is 2. The highest BCUT2D eigenvalue weighted by molar-refractivity contribution is 9.10. The molecule has 2 rings (SSSR count). The van der Waals surface area contributed by atoms with Gasteiger partial charge in [-0.1, -0.05) is 0 Å². The molecule has 0 unspecified atom stereocenters. The van der Waals surface area contributed by atoms with Gasteiger partial charge in [0.25, 0.3) is 5.69 Å². The Morgan fingerprint density at radius 2 is 2.00 bits per heavy atom. The zero-order valence-corrected chi connectivity index (χ0v) is 11.6. The Balaban J connectivity index is 2.34. The van der Waals surface area contributed by atoms with E-state index in [-0.39, 0.29) is 17.2 Å². The number of nitrogens with zero attached hydrogens (tertiary/aromatic N) is 1. The van der Waals surface area contributed by atoms with Crippen LogP contribution in [0.25, 0.3) is 0 Å². The topological polar surface area (TPSA) is 90.4 Å². The fraction of sp³-hybridized carbons (Fsp3) is 0. The van der Waals surface area contributed by atoms with Crippen molar-refractivity contribution in [3.63, 3.8) is 0 Å². The van der Waals surface area contributed by atoms with Crippen LogP contribution in [-0.2, 0) is 0 Å². The number of ether oxygens (including phenoxy) is 1. The molecule has 104 valence electrons. The molecule has 0 atom stereocenters. The highest BCUT2D eigenvalue weighted by atomic mass is 79.9. The number of nitrogens with two attached hydrogens (primary N) is 1. The van der Waals surface area contributed by atoms with E-state index in [4.69, 9.17) is 10.6 Å². The molecule has 0 fully saturated rings. The van der Waals surface area contributed by atoms with Crippen molar-refractivity contribution in [1.29, 1.82) is 0 Å². The van der Waals surface area contributed by atoms with Crippen molar-refractivity contribution in [2.45, 2.75) is 0 Å². The monoisotopic (exact) mass is 341 g/mol. The Morgan fingerprint density at radius 3 is 2.60 bits per heavy atom. The van der Waals surface area contributed by atoms with Gasteiger partial charge in [0.05, 0.1) is 21.1 Å². The molecule has 2 aromatic carbocycles. The van der Waals surface area contributed by atoms with Crippen LogP contribution in [-0.4, -0.2) is 4.92 Å². The Hall–Kier alpha value is -2.19. The number of anilines is 1. The first kappa shape index (κ1) is 14.2. The maximum Gasteiger partial charge on any atom is 0.275 e. The summed E-state index contributed by atoms with van der Waals surface area (Å²) in [5.74, 6) is 5.13. The SMILES string of the molecule is NNc1cc(Oc2ccc(Br)c(F)c2)cc([N+](=O)[O-])c1. The lowest BCUT2D eigenvalue weighted by atomic mass is 10.2. The molecule has 20 heavy (non-hydrogen) atoms. The predicted octanol–water partition coefficient (Wildman–Crippen LogP) is 3.57. The van der Waals surface area contributed by atoms with Gasteiger partial charge in [0.15, 0.2) is 0 Å². The number of rotatable bonds is 4. The molecule has 0 aliphatic rings. The minimum absolute atomic E-state index is 0.175. The Morgan fingerprint density at radius 1 is 1.25 bits per heavy atom. The van der Waals surface area contributed by atoms with Crippen LogP contribution in [0.5, 0.6) is 11.5 Å². The van der Waals surface area contributed by atoms with Crippen molar-refractivity contribution in [2.24, 2.45) is 5.84 Å². The molecule has 0 saturated heterocycles. The number of halogens is 2. The van der Waals surface area contributed by atoms with E-state index in [0.29, 0.717) is 10.2 Å². The first-order valence-corrected chi connectivity index (χ1v) is 6.18. The number of nitro groups is 1. The summed E-state index contributed by atoms with van der Waals surface area (Å²) in [7, 11) is 0. The van der Waals surface area contributed by atoms with Crippen LogP contribution in [0.15, 0.2) is 40.9 Å². The summed E-state index contributed by atoms with van der Waals surface area (Å²) in [5, 5.41) is 10.8. The zero-order valence-electron chi connectivity index (χ0n) is 9.97. The van der Waals surface area contributed by atoms with Crippen LogP contribution >= 0.6 is 15.9 Å². The molecule has 6 nitrogen and oxygen atoms in total. The maximum atomic E-state index is 13.4.